The van der Waals surface area contributed by atoms with E-state index in [0.717, 1.165) is 62.8 Å². The van der Waals surface area contributed by atoms with E-state index in [1.165, 1.54) is 12.1 Å². The average molecular weight is 505 g/mol. The summed E-state index contributed by atoms with van der Waals surface area (Å²) in [7, 11) is 0. The number of anilines is 1. The van der Waals surface area contributed by atoms with Gasteiger partial charge in [0.25, 0.3) is 0 Å². The summed E-state index contributed by atoms with van der Waals surface area (Å²) in [6.07, 6.45) is 7.46. The van der Waals surface area contributed by atoms with E-state index in [1.54, 1.807) is 24.7 Å². The summed E-state index contributed by atoms with van der Waals surface area (Å²) in [4.78, 5) is 24.4. The Labute approximate surface area is 218 Å². The Morgan fingerprint density at radius 1 is 0.974 bits per heavy atom. The van der Waals surface area contributed by atoms with Crippen molar-refractivity contribution in [1.82, 2.24) is 25.1 Å². The molecule has 38 heavy (non-hydrogen) atoms. The first-order valence-corrected chi connectivity index (χ1v) is 12.6. The third-order valence-corrected chi connectivity index (χ3v) is 6.60. The highest BCUT2D eigenvalue weighted by molar-refractivity contribution is 6.01. The highest BCUT2D eigenvalue weighted by Gasteiger charge is 2.15. The number of aromatic nitrogens is 5. The maximum absolute atomic E-state index is 13.9. The zero-order valence-electron chi connectivity index (χ0n) is 20.8. The van der Waals surface area contributed by atoms with Crippen molar-refractivity contribution < 1.29 is 9.18 Å². The molecule has 1 amide bonds. The molecule has 7 nitrogen and oxygen atoms in total. The van der Waals surface area contributed by atoms with Crippen molar-refractivity contribution in [3.63, 3.8) is 0 Å². The number of nitrogens with zero attached hydrogens (tertiary/aromatic N) is 3. The number of hydrogen-bond donors (Lipinski definition) is 3. The Bertz CT molecular complexity index is 1790. The van der Waals surface area contributed by atoms with Crippen molar-refractivity contribution in [2.75, 3.05) is 5.32 Å². The first-order chi connectivity index (χ1) is 18.6. The first kappa shape index (κ1) is 23.5. The highest BCUT2D eigenvalue weighted by atomic mass is 19.1. The molecule has 0 unspecified atom stereocenters. The van der Waals surface area contributed by atoms with Crippen molar-refractivity contribution in [3.05, 3.63) is 85.1 Å². The second kappa shape index (κ2) is 9.89. The van der Waals surface area contributed by atoms with Gasteiger partial charge in [-0.05, 0) is 65.6 Å². The molecule has 6 rings (SSSR count). The lowest BCUT2D eigenvalue weighted by molar-refractivity contribution is -0.116. The lowest BCUT2D eigenvalue weighted by atomic mass is 10.0. The van der Waals surface area contributed by atoms with Crippen molar-refractivity contribution in [1.29, 1.82) is 0 Å². The number of benzene rings is 2. The second-order valence-corrected chi connectivity index (χ2v) is 9.26. The second-order valence-electron chi connectivity index (χ2n) is 9.26. The van der Waals surface area contributed by atoms with E-state index in [-0.39, 0.29) is 11.7 Å². The summed E-state index contributed by atoms with van der Waals surface area (Å²) in [5.74, 6) is -0.295. The van der Waals surface area contributed by atoms with Crippen LogP contribution in [0.1, 0.15) is 26.2 Å². The van der Waals surface area contributed by atoms with Crippen molar-refractivity contribution in [3.8, 4) is 33.6 Å². The first-order valence-electron chi connectivity index (χ1n) is 12.6. The molecule has 0 aliphatic heterocycles. The van der Waals surface area contributed by atoms with Crippen LogP contribution >= 0.6 is 0 Å². The standard InChI is InChI=1S/C30H25FN6O/c1-2-3-7-28(38)34-22-13-20(16-32-17-22)18-8-9-26-25(14-18)29(37-36-26)27-15-24-23(10-11-33-30(24)35-27)19-5-4-6-21(31)12-19/h4-6,8-17H,2-3,7H2,1H3,(H,33,35)(H,34,38)(H,36,37). The number of carbonyl (C=O) groups excluding carboxylic acids is 1. The highest BCUT2D eigenvalue weighted by Crippen LogP contribution is 2.35. The van der Waals surface area contributed by atoms with E-state index < -0.39 is 0 Å². The minimum Gasteiger partial charge on any atom is -0.338 e. The zero-order chi connectivity index (χ0) is 26.1. The summed E-state index contributed by atoms with van der Waals surface area (Å²) in [5, 5.41) is 12.4. The molecule has 0 bridgehead atoms. The van der Waals surface area contributed by atoms with E-state index in [4.69, 9.17) is 0 Å². The molecule has 0 saturated carbocycles. The molecule has 0 aliphatic rings. The third-order valence-electron chi connectivity index (χ3n) is 6.60. The number of aromatic amines is 2. The van der Waals surface area contributed by atoms with Crippen LogP contribution in [0.2, 0.25) is 0 Å². The quantitative estimate of drug-likeness (QED) is 0.216. The van der Waals surface area contributed by atoms with Crippen LogP contribution in [0.15, 0.2) is 79.3 Å². The lowest BCUT2D eigenvalue weighted by Crippen LogP contribution is -2.11. The molecule has 0 atom stereocenters. The summed E-state index contributed by atoms with van der Waals surface area (Å²) >= 11 is 0. The molecule has 0 saturated heterocycles. The van der Waals surface area contributed by atoms with Gasteiger partial charge in [-0.2, -0.15) is 5.10 Å². The zero-order valence-corrected chi connectivity index (χ0v) is 20.8. The molecule has 4 heterocycles. The predicted octanol–water partition coefficient (Wildman–Crippen LogP) is 7.10. The van der Waals surface area contributed by atoms with Crippen LogP contribution in [0.4, 0.5) is 10.1 Å². The number of hydrogen-bond acceptors (Lipinski definition) is 4. The van der Waals surface area contributed by atoms with E-state index in [1.807, 2.05) is 36.4 Å². The lowest BCUT2D eigenvalue weighted by Gasteiger charge is -2.07. The van der Waals surface area contributed by atoms with E-state index in [9.17, 15) is 9.18 Å². The normalized spacial score (nSPS) is 11.3. The molecular weight excluding hydrogens is 479 g/mol. The topological polar surface area (TPSA) is 99.3 Å². The molecule has 0 aliphatic carbocycles. The van der Waals surface area contributed by atoms with Crippen LogP contribution in [-0.4, -0.2) is 31.1 Å². The molecule has 6 aromatic rings. The Morgan fingerprint density at radius 2 is 1.89 bits per heavy atom. The predicted molar refractivity (Wildman–Crippen MR) is 148 cm³/mol. The Balaban J connectivity index is 1.37. The van der Waals surface area contributed by atoms with Crippen molar-refractivity contribution >= 4 is 33.5 Å². The number of halogens is 1. The number of pyridine rings is 2. The Kier molecular flexibility index (Phi) is 6.13. The van der Waals surface area contributed by atoms with Crippen LogP contribution in [0.3, 0.4) is 0 Å². The maximum Gasteiger partial charge on any atom is 0.224 e. The average Bonchev–Trinajstić information content (AvgIpc) is 3.55. The number of unbranched alkanes of at least 4 members (excludes halogenated alkanes) is 1. The van der Waals surface area contributed by atoms with Gasteiger partial charge in [0, 0.05) is 35.2 Å². The summed E-state index contributed by atoms with van der Waals surface area (Å²) in [5.41, 5.74) is 7.32. The smallest absolute Gasteiger partial charge is 0.224 e. The largest absolute Gasteiger partial charge is 0.338 e. The Hall–Kier alpha value is -4.85. The van der Waals surface area contributed by atoms with E-state index in [0.29, 0.717) is 17.8 Å². The number of carbonyl (C=O) groups is 1. The molecule has 4 aromatic heterocycles. The van der Waals surface area contributed by atoms with E-state index in [2.05, 4.69) is 43.5 Å². The molecule has 3 N–H and O–H groups in total. The van der Waals surface area contributed by atoms with Gasteiger partial charge in [-0.1, -0.05) is 31.5 Å². The van der Waals surface area contributed by atoms with Crippen LogP contribution in [0, 0.1) is 5.82 Å². The fourth-order valence-electron chi connectivity index (χ4n) is 4.69. The minimum atomic E-state index is -0.284. The third kappa shape index (κ3) is 4.52. The molecule has 0 spiro atoms. The van der Waals surface area contributed by atoms with Gasteiger partial charge in [-0.3, -0.25) is 14.9 Å². The van der Waals surface area contributed by atoms with Gasteiger partial charge >= 0.3 is 0 Å². The molecule has 2 aromatic carbocycles. The monoisotopic (exact) mass is 504 g/mol. The van der Waals surface area contributed by atoms with E-state index >= 15 is 0 Å². The molecular formula is C30H25FN6O. The van der Waals surface area contributed by atoms with Gasteiger partial charge in [-0.15, -0.1) is 0 Å². The van der Waals surface area contributed by atoms with Gasteiger partial charge in [0.1, 0.15) is 17.2 Å². The summed E-state index contributed by atoms with van der Waals surface area (Å²) in [6, 6.07) is 18.4. The molecule has 8 heteroatoms. The molecule has 0 fully saturated rings. The number of H-pyrrole nitrogens is 2. The van der Waals surface area contributed by atoms with Gasteiger partial charge in [0.15, 0.2) is 0 Å². The van der Waals surface area contributed by atoms with Crippen LogP contribution in [-0.2, 0) is 4.79 Å². The van der Waals surface area contributed by atoms with Crippen LogP contribution < -0.4 is 5.32 Å². The molecule has 188 valence electrons. The van der Waals surface area contributed by atoms with Gasteiger partial charge < -0.3 is 10.3 Å². The van der Waals surface area contributed by atoms with Gasteiger partial charge in [0.2, 0.25) is 5.91 Å². The Morgan fingerprint density at radius 3 is 2.76 bits per heavy atom. The number of fused-ring (bicyclic) bond motifs is 2. The van der Waals surface area contributed by atoms with Gasteiger partial charge in [-0.25, -0.2) is 9.37 Å². The number of amides is 1. The fourth-order valence-corrected chi connectivity index (χ4v) is 4.69. The summed E-state index contributed by atoms with van der Waals surface area (Å²) < 4.78 is 13.9. The fraction of sp³-hybridized carbons (Fsp3) is 0.133. The number of rotatable bonds is 7. The van der Waals surface area contributed by atoms with Crippen LogP contribution in [0.25, 0.3) is 55.6 Å². The minimum absolute atomic E-state index is 0.0107. The van der Waals surface area contributed by atoms with Crippen LogP contribution in [0.5, 0.6) is 0 Å². The summed E-state index contributed by atoms with van der Waals surface area (Å²) in [6.45, 7) is 2.06. The molecule has 0 radical (unpaired) electrons. The van der Waals surface area contributed by atoms with Crippen molar-refractivity contribution in [2.24, 2.45) is 0 Å². The maximum atomic E-state index is 13.9. The van der Waals surface area contributed by atoms with Gasteiger partial charge in [0.05, 0.1) is 23.1 Å². The SMILES string of the molecule is CCCCC(=O)Nc1cncc(-c2ccc3[nH]nc(-c4cc5c(-c6cccc(F)c6)ccnc5[nH]4)c3c2)c1. The number of nitrogens with one attached hydrogen (secondary N) is 3. The van der Waals surface area contributed by atoms with Crippen molar-refractivity contribution in [2.45, 2.75) is 26.2 Å².